The summed E-state index contributed by atoms with van der Waals surface area (Å²) in [6, 6.07) is 7.75. The van der Waals surface area contributed by atoms with Crippen LogP contribution in [0, 0.1) is 0 Å². The molecule has 1 aliphatic rings. The highest BCUT2D eigenvalue weighted by Crippen LogP contribution is 2.24. The van der Waals surface area contributed by atoms with Crippen LogP contribution in [0.15, 0.2) is 24.3 Å². The second kappa shape index (κ2) is 6.58. The van der Waals surface area contributed by atoms with Gasteiger partial charge in [-0.2, -0.15) is 0 Å². The van der Waals surface area contributed by atoms with E-state index in [-0.39, 0.29) is 11.9 Å². The van der Waals surface area contributed by atoms with Crippen LogP contribution in [0.5, 0.6) is 0 Å². The van der Waals surface area contributed by atoms with E-state index in [1.54, 1.807) is 0 Å². The Labute approximate surface area is 121 Å². The van der Waals surface area contributed by atoms with Gasteiger partial charge in [0.25, 0.3) is 0 Å². The zero-order valence-electron chi connectivity index (χ0n) is 10.2. The summed E-state index contributed by atoms with van der Waals surface area (Å²) in [5.41, 5.74) is 0.888. The van der Waals surface area contributed by atoms with E-state index in [0.29, 0.717) is 16.3 Å². The molecule has 0 heterocycles. The lowest BCUT2D eigenvalue weighted by atomic mass is 9.95. The largest absolute Gasteiger partial charge is 0.352 e. The Morgan fingerprint density at radius 1 is 1.33 bits per heavy atom. The zero-order valence-corrected chi connectivity index (χ0v) is 12.5. The van der Waals surface area contributed by atoms with Crippen molar-refractivity contribution < 1.29 is 4.79 Å². The molecular weight excluding hydrogens is 314 g/mol. The molecule has 2 unspecified atom stereocenters. The molecule has 0 radical (unpaired) electrons. The number of rotatable bonds is 3. The summed E-state index contributed by atoms with van der Waals surface area (Å²) in [5.74, 6) is 0.0550. The van der Waals surface area contributed by atoms with Crippen LogP contribution in [0.3, 0.4) is 0 Å². The van der Waals surface area contributed by atoms with Gasteiger partial charge < -0.3 is 5.32 Å². The van der Waals surface area contributed by atoms with Crippen molar-refractivity contribution in [2.45, 2.75) is 43.0 Å². The van der Waals surface area contributed by atoms with E-state index in [1.165, 1.54) is 12.8 Å². The van der Waals surface area contributed by atoms with Gasteiger partial charge in [-0.3, -0.25) is 4.79 Å². The summed E-state index contributed by atoms with van der Waals surface area (Å²) in [6.45, 7) is 0. The van der Waals surface area contributed by atoms with E-state index in [4.69, 9.17) is 11.6 Å². The second-order valence-corrected chi connectivity index (χ2v) is 6.33. The summed E-state index contributed by atoms with van der Waals surface area (Å²) in [4.78, 5) is 12.4. The molecule has 4 heteroatoms. The smallest absolute Gasteiger partial charge is 0.224 e. The molecule has 1 amide bonds. The molecule has 0 bridgehead atoms. The Morgan fingerprint density at radius 2 is 2.06 bits per heavy atom. The van der Waals surface area contributed by atoms with Crippen LogP contribution in [0.1, 0.15) is 31.2 Å². The van der Waals surface area contributed by atoms with Gasteiger partial charge in [0.05, 0.1) is 6.42 Å². The lowest BCUT2D eigenvalue weighted by Crippen LogP contribution is -2.43. The maximum absolute atomic E-state index is 12.0. The van der Waals surface area contributed by atoms with E-state index >= 15 is 0 Å². The van der Waals surface area contributed by atoms with Crippen LogP contribution < -0.4 is 5.32 Å². The summed E-state index contributed by atoms with van der Waals surface area (Å²) < 4.78 is 0. The summed E-state index contributed by atoms with van der Waals surface area (Å²) in [6.07, 6.45) is 4.99. The highest BCUT2D eigenvalue weighted by molar-refractivity contribution is 9.09. The molecule has 1 saturated carbocycles. The topological polar surface area (TPSA) is 29.1 Å². The fourth-order valence-electron chi connectivity index (χ4n) is 2.32. The van der Waals surface area contributed by atoms with Crippen LogP contribution in [0.25, 0.3) is 0 Å². The number of alkyl halides is 1. The highest BCUT2D eigenvalue weighted by Gasteiger charge is 2.24. The Kier molecular flexibility index (Phi) is 5.07. The molecule has 0 aliphatic heterocycles. The molecule has 1 N–H and O–H groups in total. The fourth-order valence-corrected chi connectivity index (χ4v) is 3.24. The van der Waals surface area contributed by atoms with Gasteiger partial charge >= 0.3 is 0 Å². The Bertz CT molecular complexity index is 424. The first-order valence-corrected chi connectivity index (χ1v) is 7.63. The van der Waals surface area contributed by atoms with Crippen LogP contribution in [-0.2, 0) is 11.2 Å². The van der Waals surface area contributed by atoms with Crippen LogP contribution in [0.2, 0.25) is 5.02 Å². The molecule has 2 atom stereocenters. The van der Waals surface area contributed by atoms with Crippen molar-refractivity contribution in [1.29, 1.82) is 0 Å². The number of amides is 1. The third-order valence-corrected chi connectivity index (χ3v) is 4.80. The standard InChI is InChI=1S/C14H17BrClNO/c15-11-6-2-4-8-13(11)17-14(18)9-10-5-1-3-7-12(10)16/h1,3,5,7,11,13H,2,4,6,8-9H2,(H,17,18). The third-order valence-electron chi connectivity index (χ3n) is 3.34. The van der Waals surface area contributed by atoms with Gasteiger partial charge in [0.2, 0.25) is 5.91 Å². The molecule has 0 aromatic heterocycles. The van der Waals surface area contributed by atoms with Gasteiger partial charge in [-0.25, -0.2) is 0 Å². The first kappa shape index (κ1) is 13.9. The third kappa shape index (κ3) is 3.72. The van der Waals surface area contributed by atoms with Gasteiger partial charge in [-0.15, -0.1) is 0 Å². The monoisotopic (exact) mass is 329 g/mol. The van der Waals surface area contributed by atoms with Crippen LogP contribution in [0.4, 0.5) is 0 Å². The number of halogens is 2. The van der Waals surface area contributed by atoms with Crippen molar-refractivity contribution in [2.24, 2.45) is 0 Å². The minimum atomic E-state index is 0.0550. The number of nitrogens with one attached hydrogen (secondary N) is 1. The van der Waals surface area contributed by atoms with Gasteiger partial charge in [0.1, 0.15) is 0 Å². The molecule has 1 aromatic carbocycles. The van der Waals surface area contributed by atoms with Gasteiger partial charge in [-0.1, -0.05) is 58.6 Å². The highest BCUT2D eigenvalue weighted by atomic mass is 79.9. The quantitative estimate of drug-likeness (QED) is 0.841. The molecule has 0 saturated heterocycles. The predicted octanol–water partition coefficient (Wildman–Crippen LogP) is 3.70. The van der Waals surface area contributed by atoms with Crippen molar-refractivity contribution >= 4 is 33.4 Å². The van der Waals surface area contributed by atoms with Crippen molar-refractivity contribution in [3.63, 3.8) is 0 Å². The Hall–Kier alpha value is -0.540. The maximum Gasteiger partial charge on any atom is 0.224 e. The fraction of sp³-hybridized carbons (Fsp3) is 0.500. The average Bonchev–Trinajstić information content (AvgIpc) is 2.35. The SMILES string of the molecule is O=C(Cc1ccccc1Cl)NC1CCCCC1Br. The minimum absolute atomic E-state index is 0.0550. The van der Waals surface area contributed by atoms with E-state index in [0.717, 1.165) is 18.4 Å². The van der Waals surface area contributed by atoms with Crippen molar-refractivity contribution in [3.8, 4) is 0 Å². The van der Waals surface area contributed by atoms with E-state index in [1.807, 2.05) is 24.3 Å². The van der Waals surface area contributed by atoms with Gasteiger partial charge in [0, 0.05) is 15.9 Å². The molecule has 18 heavy (non-hydrogen) atoms. The van der Waals surface area contributed by atoms with E-state index in [2.05, 4.69) is 21.2 Å². The molecule has 1 fully saturated rings. The molecule has 2 nitrogen and oxygen atoms in total. The van der Waals surface area contributed by atoms with E-state index < -0.39 is 0 Å². The molecule has 2 rings (SSSR count). The summed E-state index contributed by atoms with van der Waals surface area (Å²) in [5, 5.41) is 3.76. The zero-order chi connectivity index (χ0) is 13.0. The maximum atomic E-state index is 12.0. The van der Waals surface area contributed by atoms with Crippen molar-refractivity contribution in [1.82, 2.24) is 5.32 Å². The second-order valence-electron chi connectivity index (χ2n) is 4.74. The number of benzene rings is 1. The summed E-state index contributed by atoms with van der Waals surface area (Å²) in [7, 11) is 0. The van der Waals surface area contributed by atoms with Gasteiger partial charge in [0.15, 0.2) is 0 Å². The van der Waals surface area contributed by atoms with Crippen molar-refractivity contribution in [2.75, 3.05) is 0 Å². The molecule has 0 spiro atoms. The van der Waals surface area contributed by atoms with Crippen molar-refractivity contribution in [3.05, 3.63) is 34.9 Å². The summed E-state index contributed by atoms with van der Waals surface area (Å²) >= 11 is 9.69. The van der Waals surface area contributed by atoms with E-state index in [9.17, 15) is 4.79 Å². The van der Waals surface area contributed by atoms with Gasteiger partial charge in [-0.05, 0) is 24.5 Å². The molecule has 1 aliphatic carbocycles. The average molecular weight is 331 g/mol. The normalized spacial score (nSPS) is 23.7. The first-order valence-electron chi connectivity index (χ1n) is 6.33. The number of hydrogen-bond donors (Lipinski definition) is 1. The number of hydrogen-bond acceptors (Lipinski definition) is 1. The minimum Gasteiger partial charge on any atom is -0.352 e. The molecule has 1 aromatic rings. The lowest BCUT2D eigenvalue weighted by Gasteiger charge is -2.28. The van der Waals surface area contributed by atoms with Crippen LogP contribution >= 0.6 is 27.5 Å². The molecular formula is C14H17BrClNO. The lowest BCUT2D eigenvalue weighted by molar-refractivity contribution is -0.121. The Balaban J connectivity index is 1.90. The number of carbonyl (C=O) groups excluding carboxylic acids is 1. The van der Waals surface area contributed by atoms with Crippen LogP contribution in [-0.4, -0.2) is 16.8 Å². The predicted molar refractivity (Wildman–Crippen MR) is 78.3 cm³/mol. The Morgan fingerprint density at radius 3 is 2.78 bits per heavy atom. The molecule has 98 valence electrons. The first-order chi connectivity index (χ1) is 8.66. The number of carbonyl (C=O) groups is 1.